The van der Waals surface area contributed by atoms with Crippen molar-refractivity contribution in [3.63, 3.8) is 0 Å². The van der Waals surface area contributed by atoms with Crippen LogP contribution in [0.15, 0.2) is 48.5 Å². The summed E-state index contributed by atoms with van der Waals surface area (Å²) in [6, 6.07) is 17.0. The van der Waals surface area contributed by atoms with Crippen LogP contribution in [0.2, 0.25) is 0 Å². The Morgan fingerprint density at radius 2 is 1.85 bits per heavy atom. The summed E-state index contributed by atoms with van der Waals surface area (Å²) >= 11 is 0. The van der Waals surface area contributed by atoms with Gasteiger partial charge in [-0.05, 0) is 43.0 Å². The second-order valence-electron chi connectivity index (χ2n) is 7.37. The largest absolute Gasteiger partial charge is 0.484 e. The van der Waals surface area contributed by atoms with Crippen LogP contribution in [-0.4, -0.2) is 48.0 Å². The molecule has 0 radical (unpaired) electrons. The van der Waals surface area contributed by atoms with E-state index in [1.165, 1.54) is 16.7 Å². The van der Waals surface area contributed by atoms with Gasteiger partial charge in [0.2, 0.25) is 0 Å². The summed E-state index contributed by atoms with van der Waals surface area (Å²) in [4.78, 5) is 17.0. The zero-order chi connectivity index (χ0) is 17.9. The van der Waals surface area contributed by atoms with Gasteiger partial charge in [0.1, 0.15) is 5.75 Å². The second kappa shape index (κ2) is 7.50. The Bertz CT molecular complexity index is 772. The zero-order valence-corrected chi connectivity index (χ0v) is 15.4. The number of nitrogens with zero attached hydrogens (tertiary/aromatic N) is 2. The normalized spacial score (nSPS) is 20.0. The Labute approximate surface area is 155 Å². The molecule has 4 rings (SSSR count). The number of benzene rings is 2. The summed E-state index contributed by atoms with van der Waals surface area (Å²) in [5.74, 6) is 0.845. The maximum absolute atomic E-state index is 12.5. The van der Waals surface area contributed by atoms with Gasteiger partial charge in [-0.2, -0.15) is 0 Å². The minimum Gasteiger partial charge on any atom is -0.484 e. The molecule has 0 aromatic heterocycles. The number of carbonyl (C=O) groups is 1. The van der Waals surface area contributed by atoms with Crippen LogP contribution in [-0.2, 0) is 17.8 Å². The van der Waals surface area contributed by atoms with Crippen molar-refractivity contribution in [1.29, 1.82) is 0 Å². The van der Waals surface area contributed by atoms with Crippen molar-refractivity contribution >= 4 is 5.91 Å². The lowest BCUT2D eigenvalue weighted by atomic mass is 9.98. The molecular formula is C22H26N2O2. The molecule has 1 unspecified atom stereocenters. The summed E-state index contributed by atoms with van der Waals surface area (Å²) in [6.07, 6.45) is 2.16. The van der Waals surface area contributed by atoms with Crippen LogP contribution in [0.3, 0.4) is 0 Å². The van der Waals surface area contributed by atoms with E-state index in [-0.39, 0.29) is 12.5 Å². The van der Waals surface area contributed by atoms with Gasteiger partial charge in [0.25, 0.3) is 5.91 Å². The topological polar surface area (TPSA) is 32.8 Å². The van der Waals surface area contributed by atoms with Gasteiger partial charge in [0.15, 0.2) is 6.61 Å². The number of hydrogen-bond donors (Lipinski definition) is 0. The van der Waals surface area contributed by atoms with Gasteiger partial charge in [0.05, 0.1) is 0 Å². The highest BCUT2D eigenvalue weighted by molar-refractivity contribution is 5.78. The minimum absolute atomic E-state index is 0.0884. The van der Waals surface area contributed by atoms with Crippen LogP contribution >= 0.6 is 0 Å². The van der Waals surface area contributed by atoms with E-state index >= 15 is 0 Å². The van der Waals surface area contributed by atoms with Gasteiger partial charge in [-0.3, -0.25) is 9.69 Å². The molecule has 1 atom stereocenters. The predicted octanol–water partition coefficient (Wildman–Crippen LogP) is 3.03. The SMILES string of the molecule is Cc1ccc(OCC(=O)N2CCC(N3CCc4ccccc4C3)C2)cc1. The molecule has 2 aromatic rings. The average Bonchev–Trinajstić information content (AvgIpc) is 3.17. The lowest BCUT2D eigenvalue weighted by Crippen LogP contribution is -2.42. The maximum Gasteiger partial charge on any atom is 0.260 e. The number of hydrogen-bond acceptors (Lipinski definition) is 3. The summed E-state index contributed by atoms with van der Waals surface area (Å²) < 4.78 is 5.66. The smallest absolute Gasteiger partial charge is 0.260 e. The molecule has 4 nitrogen and oxygen atoms in total. The van der Waals surface area contributed by atoms with Gasteiger partial charge < -0.3 is 9.64 Å². The Hall–Kier alpha value is -2.33. The maximum atomic E-state index is 12.5. The van der Waals surface area contributed by atoms with Crippen LogP contribution in [0.5, 0.6) is 5.75 Å². The second-order valence-corrected chi connectivity index (χ2v) is 7.37. The van der Waals surface area contributed by atoms with Crippen LogP contribution < -0.4 is 4.74 Å². The number of aryl methyl sites for hydroxylation is 1. The first kappa shape index (κ1) is 17.1. The Balaban J connectivity index is 1.29. The number of amides is 1. The number of carbonyl (C=O) groups excluding carboxylic acids is 1. The fraction of sp³-hybridized carbons (Fsp3) is 0.409. The molecule has 2 heterocycles. The molecular weight excluding hydrogens is 324 g/mol. The number of rotatable bonds is 4. The Morgan fingerprint density at radius 1 is 1.08 bits per heavy atom. The van der Waals surface area contributed by atoms with Gasteiger partial charge in [-0.15, -0.1) is 0 Å². The quantitative estimate of drug-likeness (QED) is 0.850. The van der Waals surface area contributed by atoms with Crippen molar-refractivity contribution in [1.82, 2.24) is 9.80 Å². The minimum atomic E-state index is 0.0884. The molecule has 1 amide bonds. The van der Waals surface area contributed by atoms with Crippen LogP contribution in [0.4, 0.5) is 0 Å². The van der Waals surface area contributed by atoms with Crippen LogP contribution in [0.25, 0.3) is 0 Å². The average molecular weight is 350 g/mol. The molecule has 0 bridgehead atoms. The lowest BCUT2D eigenvalue weighted by Gasteiger charge is -2.33. The van der Waals surface area contributed by atoms with Gasteiger partial charge in [0, 0.05) is 32.2 Å². The molecule has 136 valence electrons. The molecule has 0 saturated carbocycles. The molecule has 4 heteroatoms. The van der Waals surface area contributed by atoms with E-state index in [1.807, 2.05) is 36.1 Å². The fourth-order valence-corrected chi connectivity index (χ4v) is 3.97. The van der Waals surface area contributed by atoms with Crippen LogP contribution in [0, 0.1) is 6.92 Å². The van der Waals surface area contributed by atoms with Gasteiger partial charge in [-0.25, -0.2) is 0 Å². The van der Waals surface area contributed by atoms with E-state index in [0.29, 0.717) is 6.04 Å². The molecule has 1 fully saturated rings. The van der Waals surface area contributed by atoms with Gasteiger partial charge in [-0.1, -0.05) is 42.0 Å². The highest BCUT2D eigenvalue weighted by Gasteiger charge is 2.32. The summed E-state index contributed by atoms with van der Waals surface area (Å²) in [5, 5.41) is 0. The number of likely N-dealkylation sites (tertiary alicyclic amines) is 1. The summed E-state index contributed by atoms with van der Waals surface area (Å²) in [7, 11) is 0. The van der Waals surface area contributed by atoms with Crippen molar-refractivity contribution in [3.05, 3.63) is 65.2 Å². The molecule has 0 spiro atoms. The molecule has 2 aliphatic rings. The van der Waals surface area contributed by atoms with Crippen LogP contribution in [0.1, 0.15) is 23.1 Å². The van der Waals surface area contributed by atoms with E-state index < -0.39 is 0 Å². The highest BCUT2D eigenvalue weighted by Crippen LogP contribution is 2.24. The summed E-state index contributed by atoms with van der Waals surface area (Å²) in [5.41, 5.74) is 4.10. The fourth-order valence-electron chi connectivity index (χ4n) is 3.97. The monoisotopic (exact) mass is 350 g/mol. The van der Waals surface area contributed by atoms with E-state index in [9.17, 15) is 4.79 Å². The molecule has 1 saturated heterocycles. The van der Waals surface area contributed by atoms with Crippen molar-refractivity contribution in [3.8, 4) is 5.75 Å². The molecule has 26 heavy (non-hydrogen) atoms. The summed E-state index contributed by atoms with van der Waals surface area (Å²) in [6.45, 7) is 5.90. The third-order valence-corrected chi connectivity index (χ3v) is 5.58. The van der Waals surface area contributed by atoms with Crippen molar-refractivity contribution in [2.45, 2.75) is 32.4 Å². The molecule has 0 N–H and O–H groups in total. The number of ether oxygens (including phenoxy) is 1. The first-order valence-corrected chi connectivity index (χ1v) is 9.47. The number of fused-ring (bicyclic) bond motifs is 1. The highest BCUT2D eigenvalue weighted by atomic mass is 16.5. The standard InChI is InChI=1S/C22H26N2O2/c1-17-6-8-21(9-7-17)26-16-22(25)24-13-11-20(15-24)23-12-10-18-4-2-3-5-19(18)14-23/h2-9,20H,10-16H2,1H3. The van der Waals surface area contributed by atoms with E-state index in [0.717, 1.165) is 44.8 Å². The third kappa shape index (κ3) is 3.75. The lowest BCUT2D eigenvalue weighted by molar-refractivity contribution is -0.132. The predicted molar refractivity (Wildman–Crippen MR) is 102 cm³/mol. The molecule has 2 aromatic carbocycles. The van der Waals surface area contributed by atoms with Crippen molar-refractivity contribution < 1.29 is 9.53 Å². The Morgan fingerprint density at radius 3 is 2.65 bits per heavy atom. The Kier molecular flexibility index (Phi) is 4.93. The van der Waals surface area contributed by atoms with E-state index in [1.54, 1.807) is 0 Å². The molecule has 0 aliphatic carbocycles. The molecule has 2 aliphatic heterocycles. The van der Waals surface area contributed by atoms with E-state index in [4.69, 9.17) is 4.74 Å². The first-order valence-electron chi connectivity index (χ1n) is 9.47. The van der Waals surface area contributed by atoms with Crippen molar-refractivity contribution in [2.24, 2.45) is 0 Å². The first-order chi connectivity index (χ1) is 12.7. The van der Waals surface area contributed by atoms with E-state index in [2.05, 4.69) is 29.2 Å². The van der Waals surface area contributed by atoms with Crippen molar-refractivity contribution in [2.75, 3.05) is 26.2 Å². The van der Waals surface area contributed by atoms with Gasteiger partial charge >= 0.3 is 0 Å². The third-order valence-electron chi connectivity index (χ3n) is 5.58. The zero-order valence-electron chi connectivity index (χ0n) is 15.4.